The van der Waals surface area contributed by atoms with Crippen molar-refractivity contribution < 1.29 is 14.3 Å². The number of aryl methyl sites for hydroxylation is 1. The van der Waals surface area contributed by atoms with Crippen LogP contribution in [0.2, 0.25) is 0 Å². The maximum Gasteiger partial charge on any atom is 0.267 e. The van der Waals surface area contributed by atoms with E-state index >= 15 is 0 Å². The Morgan fingerprint density at radius 2 is 2.14 bits per heavy atom. The number of hydrogen-bond donors (Lipinski definition) is 1. The average molecular weight is 408 g/mol. The molecule has 29 heavy (non-hydrogen) atoms. The van der Waals surface area contributed by atoms with Crippen LogP contribution in [-0.2, 0) is 4.79 Å². The van der Waals surface area contributed by atoms with Crippen molar-refractivity contribution in [2.24, 2.45) is 0 Å². The molecule has 0 unspecified atom stereocenters. The highest BCUT2D eigenvalue weighted by Gasteiger charge is 2.25. The fourth-order valence-corrected chi connectivity index (χ4v) is 4.21. The van der Waals surface area contributed by atoms with Gasteiger partial charge in [0.2, 0.25) is 5.91 Å². The maximum atomic E-state index is 12.9. The Kier molecular flexibility index (Phi) is 5.26. The van der Waals surface area contributed by atoms with Gasteiger partial charge in [-0.15, -0.1) is 11.3 Å². The predicted molar refractivity (Wildman–Crippen MR) is 113 cm³/mol. The minimum Gasteiger partial charge on any atom is -0.495 e. The molecule has 3 aromatic rings. The van der Waals surface area contributed by atoms with E-state index in [0.717, 1.165) is 12.1 Å². The molecule has 0 bridgehead atoms. The molecule has 3 heterocycles. The molecule has 1 aromatic carbocycles. The SMILES string of the molecule is COc1ccc(NC(=O)c2sc(-c3ccccn3)nc2C)cc1N1CCCC1=O. The molecule has 0 saturated carbocycles. The van der Waals surface area contributed by atoms with Crippen LogP contribution in [0.25, 0.3) is 10.7 Å². The van der Waals surface area contributed by atoms with E-state index in [9.17, 15) is 9.59 Å². The highest BCUT2D eigenvalue weighted by atomic mass is 32.1. The van der Waals surface area contributed by atoms with Gasteiger partial charge < -0.3 is 15.0 Å². The summed E-state index contributed by atoms with van der Waals surface area (Å²) in [6.07, 6.45) is 3.04. The van der Waals surface area contributed by atoms with Crippen molar-refractivity contribution in [3.8, 4) is 16.5 Å². The van der Waals surface area contributed by atoms with Crippen LogP contribution in [0, 0.1) is 6.92 Å². The van der Waals surface area contributed by atoms with Crippen molar-refractivity contribution in [2.45, 2.75) is 19.8 Å². The van der Waals surface area contributed by atoms with E-state index < -0.39 is 0 Å². The molecule has 1 aliphatic heterocycles. The summed E-state index contributed by atoms with van der Waals surface area (Å²) in [4.78, 5) is 36.0. The summed E-state index contributed by atoms with van der Waals surface area (Å²) in [7, 11) is 1.57. The molecule has 0 atom stereocenters. The summed E-state index contributed by atoms with van der Waals surface area (Å²) in [6.45, 7) is 2.45. The highest BCUT2D eigenvalue weighted by Crippen LogP contribution is 2.34. The number of anilines is 2. The number of nitrogens with one attached hydrogen (secondary N) is 1. The second-order valence-corrected chi connectivity index (χ2v) is 7.64. The van der Waals surface area contributed by atoms with Gasteiger partial charge in [-0.25, -0.2) is 4.98 Å². The Morgan fingerprint density at radius 3 is 2.83 bits per heavy atom. The molecule has 148 valence electrons. The van der Waals surface area contributed by atoms with Crippen molar-refractivity contribution in [1.29, 1.82) is 0 Å². The van der Waals surface area contributed by atoms with E-state index in [2.05, 4.69) is 15.3 Å². The lowest BCUT2D eigenvalue weighted by molar-refractivity contribution is -0.117. The molecular formula is C21H20N4O3S. The van der Waals surface area contributed by atoms with Gasteiger partial charge in [0.1, 0.15) is 15.6 Å². The Hall–Kier alpha value is -3.26. The fourth-order valence-electron chi connectivity index (χ4n) is 3.28. The normalized spacial score (nSPS) is 13.6. The molecule has 0 aliphatic carbocycles. The Labute approximate surface area is 172 Å². The zero-order valence-electron chi connectivity index (χ0n) is 16.1. The first-order valence-corrected chi connectivity index (χ1v) is 10.1. The molecule has 1 aliphatic rings. The number of methoxy groups -OCH3 is 1. The van der Waals surface area contributed by atoms with Gasteiger partial charge in [0, 0.05) is 24.8 Å². The van der Waals surface area contributed by atoms with E-state index in [1.54, 1.807) is 43.3 Å². The van der Waals surface area contributed by atoms with E-state index in [1.807, 2.05) is 18.2 Å². The van der Waals surface area contributed by atoms with Crippen molar-refractivity contribution >= 4 is 34.5 Å². The zero-order valence-corrected chi connectivity index (χ0v) is 17.0. The molecule has 8 heteroatoms. The van der Waals surface area contributed by atoms with Crippen molar-refractivity contribution in [3.05, 3.63) is 53.2 Å². The lowest BCUT2D eigenvalue weighted by atomic mass is 10.2. The second kappa shape index (κ2) is 8.00. The molecule has 1 saturated heterocycles. The summed E-state index contributed by atoms with van der Waals surface area (Å²) in [6, 6.07) is 10.9. The molecule has 0 radical (unpaired) electrons. The minimum absolute atomic E-state index is 0.0603. The van der Waals surface area contributed by atoms with Crippen LogP contribution >= 0.6 is 11.3 Å². The quantitative estimate of drug-likeness (QED) is 0.692. The first-order valence-electron chi connectivity index (χ1n) is 9.25. The minimum atomic E-state index is -0.244. The molecular weight excluding hydrogens is 388 g/mol. The lowest BCUT2D eigenvalue weighted by Crippen LogP contribution is -2.24. The number of benzene rings is 1. The van der Waals surface area contributed by atoms with Gasteiger partial charge in [-0.1, -0.05) is 6.07 Å². The van der Waals surface area contributed by atoms with Crippen molar-refractivity contribution in [3.63, 3.8) is 0 Å². The van der Waals surface area contributed by atoms with Gasteiger partial charge in [-0.2, -0.15) is 0 Å². The first kappa shape index (κ1) is 19.1. The number of ether oxygens (including phenoxy) is 1. The van der Waals surface area contributed by atoms with Gasteiger partial charge in [0.25, 0.3) is 5.91 Å². The van der Waals surface area contributed by atoms with Crippen LogP contribution in [-0.4, -0.2) is 35.4 Å². The Morgan fingerprint density at radius 1 is 1.28 bits per heavy atom. The van der Waals surface area contributed by atoms with E-state index in [4.69, 9.17) is 4.74 Å². The van der Waals surface area contributed by atoms with Gasteiger partial charge >= 0.3 is 0 Å². The average Bonchev–Trinajstić information content (AvgIpc) is 3.34. The molecule has 4 rings (SSSR count). The summed E-state index contributed by atoms with van der Waals surface area (Å²) in [5.74, 6) is 0.417. The Balaban J connectivity index is 1.59. The summed E-state index contributed by atoms with van der Waals surface area (Å²) in [5.41, 5.74) is 2.65. The third-order valence-corrected chi connectivity index (χ3v) is 5.87. The van der Waals surface area contributed by atoms with Crippen LogP contribution in [0.15, 0.2) is 42.6 Å². The topological polar surface area (TPSA) is 84.4 Å². The molecule has 1 fully saturated rings. The largest absolute Gasteiger partial charge is 0.495 e. The Bertz CT molecular complexity index is 1070. The van der Waals surface area contributed by atoms with Crippen LogP contribution < -0.4 is 15.0 Å². The number of aromatic nitrogens is 2. The number of rotatable bonds is 5. The molecule has 1 N–H and O–H groups in total. The highest BCUT2D eigenvalue weighted by molar-refractivity contribution is 7.17. The van der Waals surface area contributed by atoms with Crippen molar-refractivity contribution in [2.75, 3.05) is 23.9 Å². The second-order valence-electron chi connectivity index (χ2n) is 6.64. The number of nitrogens with zero attached hydrogens (tertiary/aromatic N) is 3. The van der Waals surface area contributed by atoms with E-state index in [1.165, 1.54) is 11.3 Å². The number of hydrogen-bond acceptors (Lipinski definition) is 6. The van der Waals surface area contributed by atoms with Crippen molar-refractivity contribution in [1.82, 2.24) is 9.97 Å². The molecule has 2 aromatic heterocycles. The maximum absolute atomic E-state index is 12.9. The summed E-state index contributed by atoms with van der Waals surface area (Å²) in [5, 5.41) is 3.61. The standard InChI is InChI=1S/C21H20N4O3S/c1-13-19(29-21(23-13)15-6-3-4-10-22-15)20(27)24-14-8-9-17(28-2)16(12-14)25-11-5-7-18(25)26/h3-4,6,8-10,12H,5,7,11H2,1-2H3,(H,24,27). The van der Waals surface area contributed by atoms with Gasteiger partial charge in [0.05, 0.1) is 24.2 Å². The zero-order chi connectivity index (χ0) is 20.4. The fraction of sp³-hybridized carbons (Fsp3) is 0.238. The van der Waals surface area contributed by atoms with Crippen LogP contribution in [0.5, 0.6) is 5.75 Å². The van der Waals surface area contributed by atoms with E-state index in [0.29, 0.717) is 45.7 Å². The number of carbonyl (C=O) groups excluding carboxylic acids is 2. The summed E-state index contributed by atoms with van der Waals surface area (Å²) >= 11 is 1.30. The third-order valence-electron chi connectivity index (χ3n) is 4.69. The number of thiazole rings is 1. The van der Waals surface area contributed by atoms with Gasteiger partial charge in [0.15, 0.2) is 0 Å². The first-order chi connectivity index (χ1) is 14.1. The molecule has 7 nitrogen and oxygen atoms in total. The number of amides is 2. The van der Waals surface area contributed by atoms with Gasteiger partial charge in [-0.3, -0.25) is 14.6 Å². The third kappa shape index (κ3) is 3.84. The monoisotopic (exact) mass is 408 g/mol. The van der Waals surface area contributed by atoms with E-state index in [-0.39, 0.29) is 11.8 Å². The summed E-state index contributed by atoms with van der Waals surface area (Å²) < 4.78 is 5.40. The predicted octanol–water partition coefficient (Wildman–Crippen LogP) is 3.90. The van der Waals surface area contributed by atoms with Crippen LogP contribution in [0.4, 0.5) is 11.4 Å². The molecule has 2 amide bonds. The van der Waals surface area contributed by atoms with Crippen LogP contribution in [0.1, 0.15) is 28.2 Å². The lowest BCUT2D eigenvalue weighted by Gasteiger charge is -2.20. The smallest absolute Gasteiger partial charge is 0.267 e. The number of pyridine rings is 1. The molecule has 0 spiro atoms. The number of carbonyl (C=O) groups is 2. The van der Waals surface area contributed by atoms with Gasteiger partial charge in [-0.05, 0) is 43.7 Å². The van der Waals surface area contributed by atoms with Crippen LogP contribution in [0.3, 0.4) is 0 Å².